The number of hydrogen-bond acceptors (Lipinski definition) is 2. The molecule has 4 saturated carbocycles. The second-order valence-corrected chi connectivity index (χ2v) is 9.88. The molecule has 0 aromatic carbocycles. The van der Waals surface area contributed by atoms with Gasteiger partial charge in [-0.1, -0.05) is 27.7 Å². The van der Waals surface area contributed by atoms with E-state index in [1.54, 1.807) is 5.57 Å². The van der Waals surface area contributed by atoms with Crippen LogP contribution in [0.1, 0.15) is 66.2 Å². The molecule has 0 saturated heterocycles. The summed E-state index contributed by atoms with van der Waals surface area (Å²) in [4.78, 5) is 12.8. The fourth-order valence-electron chi connectivity index (χ4n) is 6.70. The minimum absolute atomic E-state index is 0.294. The van der Waals surface area contributed by atoms with Gasteiger partial charge in [0.05, 0.1) is 5.76 Å². The summed E-state index contributed by atoms with van der Waals surface area (Å²) in [5.74, 6) is 4.20. The number of allylic oxidation sites excluding steroid dienone is 2. The zero-order chi connectivity index (χ0) is 15.5. The molecule has 0 amide bonds. The molecule has 22 heavy (non-hydrogen) atoms. The minimum atomic E-state index is -0.453. The van der Waals surface area contributed by atoms with Crippen LogP contribution >= 0.6 is 0 Å². The first-order valence-electron chi connectivity index (χ1n) is 9.21. The molecule has 0 aromatic heterocycles. The van der Waals surface area contributed by atoms with Gasteiger partial charge in [-0.05, 0) is 59.8 Å². The summed E-state index contributed by atoms with van der Waals surface area (Å²) >= 11 is 0. The molecule has 7 aliphatic rings. The van der Waals surface area contributed by atoms with Crippen molar-refractivity contribution in [3.63, 3.8) is 0 Å². The van der Waals surface area contributed by atoms with Gasteiger partial charge in [-0.3, -0.25) is 4.79 Å². The minimum Gasteiger partial charge on any atom is -0.484 e. The van der Waals surface area contributed by atoms with Crippen molar-refractivity contribution in [1.29, 1.82) is 0 Å². The topological polar surface area (TPSA) is 26.3 Å². The third-order valence-corrected chi connectivity index (χ3v) is 8.69. The third kappa shape index (κ3) is 1.29. The van der Waals surface area contributed by atoms with E-state index < -0.39 is 5.60 Å². The monoisotopic (exact) mass is 300 g/mol. The fourth-order valence-corrected chi connectivity index (χ4v) is 6.70. The first-order chi connectivity index (χ1) is 10.3. The van der Waals surface area contributed by atoms with Gasteiger partial charge in [-0.25, -0.2) is 0 Å². The Kier molecular flexibility index (Phi) is 2.26. The predicted octanol–water partition coefficient (Wildman–Crippen LogP) is 4.49. The van der Waals surface area contributed by atoms with Gasteiger partial charge in [0.2, 0.25) is 0 Å². The normalized spacial score (nSPS) is 49.9. The number of fused-ring (bicyclic) bond motifs is 1. The van der Waals surface area contributed by atoms with Gasteiger partial charge in [0, 0.05) is 18.8 Å². The number of hydrogen-bond donors (Lipinski definition) is 0. The van der Waals surface area contributed by atoms with Crippen LogP contribution in [0.25, 0.3) is 0 Å². The third-order valence-electron chi connectivity index (χ3n) is 8.69. The molecule has 5 atom stereocenters. The average Bonchev–Trinajstić information content (AvgIpc) is 2.48. The summed E-state index contributed by atoms with van der Waals surface area (Å²) < 4.78 is 6.64. The van der Waals surface area contributed by atoms with Crippen LogP contribution in [0, 0.1) is 34.5 Å². The van der Waals surface area contributed by atoms with Gasteiger partial charge in [0.25, 0.3) is 0 Å². The number of rotatable bonds is 0. The Labute approximate surface area is 133 Å². The summed E-state index contributed by atoms with van der Waals surface area (Å²) in [7, 11) is 0. The highest BCUT2D eigenvalue weighted by Gasteiger charge is 2.68. The molecule has 0 radical (unpaired) electrons. The van der Waals surface area contributed by atoms with Crippen molar-refractivity contribution in [3.05, 3.63) is 11.3 Å². The number of carbonyl (C=O) groups is 1. The Hall–Kier alpha value is -0.790. The van der Waals surface area contributed by atoms with Crippen LogP contribution in [-0.4, -0.2) is 11.4 Å². The zero-order valence-electron chi connectivity index (χ0n) is 14.4. The van der Waals surface area contributed by atoms with Crippen LogP contribution < -0.4 is 0 Å². The molecule has 4 bridgehead atoms. The Bertz CT molecular complexity index is 611. The maximum absolute atomic E-state index is 12.8. The molecule has 2 heteroatoms. The van der Waals surface area contributed by atoms with E-state index in [0.29, 0.717) is 28.4 Å². The van der Waals surface area contributed by atoms with Crippen LogP contribution in [0.15, 0.2) is 11.3 Å². The first-order valence-corrected chi connectivity index (χ1v) is 9.21. The van der Waals surface area contributed by atoms with Gasteiger partial charge < -0.3 is 4.74 Å². The second kappa shape index (κ2) is 3.65. The number of ketones is 1. The van der Waals surface area contributed by atoms with E-state index in [-0.39, 0.29) is 0 Å². The lowest BCUT2D eigenvalue weighted by Gasteiger charge is -2.66. The fraction of sp³-hybridized carbons (Fsp3) is 0.850. The molecule has 1 aliphatic heterocycles. The summed E-state index contributed by atoms with van der Waals surface area (Å²) in [6.07, 6.45) is 6.46. The number of carbonyl (C=O) groups excluding carboxylic acids is 1. The van der Waals surface area contributed by atoms with Crippen molar-refractivity contribution in [2.75, 3.05) is 0 Å². The molecule has 120 valence electrons. The molecule has 1 heterocycles. The van der Waals surface area contributed by atoms with E-state index in [4.69, 9.17) is 4.74 Å². The second-order valence-electron chi connectivity index (χ2n) is 9.88. The molecular formula is C20H28O2. The maximum atomic E-state index is 12.8. The van der Waals surface area contributed by atoms with Gasteiger partial charge in [-0.2, -0.15) is 0 Å². The summed E-state index contributed by atoms with van der Waals surface area (Å²) in [6.45, 7) is 9.56. The first kappa shape index (κ1) is 13.6. The van der Waals surface area contributed by atoms with Crippen LogP contribution in [0.5, 0.6) is 0 Å². The van der Waals surface area contributed by atoms with Gasteiger partial charge in [0.1, 0.15) is 0 Å². The molecule has 7 rings (SSSR count). The summed E-state index contributed by atoms with van der Waals surface area (Å²) in [6, 6.07) is 0. The van der Waals surface area contributed by atoms with Crippen molar-refractivity contribution in [2.45, 2.75) is 71.8 Å². The van der Waals surface area contributed by atoms with E-state index in [0.717, 1.165) is 37.5 Å². The quantitative estimate of drug-likeness (QED) is 0.659. The summed E-state index contributed by atoms with van der Waals surface area (Å²) in [5.41, 5.74) is 1.88. The van der Waals surface area contributed by atoms with Gasteiger partial charge >= 0.3 is 0 Å². The average molecular weight is 300 g/mol. The van der Waals surface area contributed by atoms with Gasteiger partial charge in [-0.15, -0.1) is 0 Å². The van der Waals surface area contributed by atoms with Gasteiger partial charge in [0.15, 0.2) is 11.4 Å². The Morgan fingerprint density at radius 1 is 1.00 bits per heavy atom. The lowest BCUT2D eigenvalue weighted by atomic mass is 9.42. The molecule has 0 unspecified atom stereocenters. The molecule has 2 nitrogen and oxygen atoms in total. The van der Waals surface area contributed by atoms with Crippen molar-refractivity contribution in [3.8, 4) is 0 Å². The Morgan fingerprint density at radius 3 is 2.41 bits per heavy atom. The van der Waals surface area contributed by atoms with E-state index in [1.165, 1.54) is 18.6 Å². The molecule has 0 N–H and O–H groups in total. The van der Waals surface area contributed by atoms with Crippen LogP contribution in [0.4, 0.5) is 0 Å². The summed E-state index contributed by atoms with van der Waals surface area (Å²) in [5, 5.41) is 0. The SMILES string of the molecule is CC1(C)[C@@H]2CC3=C(CC[C@@]4(O3)C(=O)C[C@@H]3C[C@H]4C3(C)C)[C@H]1C2. The number of Topliss-reactive ketones (excluding diaryl/α,β-unsaturated/α-hetero) is 1. The zero-order valence-corrected chi connectivity index (χ0v) is 14.4. The lowest BCUT2D eigenvalue weighted by Crippen LogP contribution is -2.68. The van der Waals surface area contributed by atoms with E-state index >= 15 is 0 Å². The highest BCUT2D eigenvalue weighted by atomic mass is 16.5. The molecule has 4 fully saturated rings. The largest absolute Gasteiger partial charge is 0.484 e. The lowest BCUT2D eigenvalue weighted by molar-refractivity contribution is -0.217. The Balaban J connectivity index is 1.52. The predicted molar refractivity (Wildman–Crippen MR) is 85.1 cm³/mol. The van der Waals surface area contributed by atoms with Crippen molar-refractivity contribution >= 4 is 5.78 Å². The van der Waals surface area contributed by atoms with Crippen molar-refractivity contribution in [1.82, 2.24) is 0 Å². The van der Waals surface area contributed by atoms with Crippen LogP contribution in [0.3, 0.4) is 0 Å². The molecule has 1 spiro atoms. The smallest absolute Gasteiger partial charge is 0.176 e. The van der Waals surface area contributed by atoms with Crippen molar-refractivity contribution < 1.29 is 9.53 Å². The van der Waals surface area contributed by atoms with E-state index in [1.807, 2.05) is 0 Å². The van der Waals surface area contributed by atoms with E-state index in [2.05, 4.69) is 27.7 Å². The highest BCUT2D eigenvalue weighted by molar-refractivity contribution is 5.90. The molecule has 0 aromatic rings. The maximum Gasteiger partial charge on any atom is 0.176 e. The van der Waals surface area contributed by atoms with E-state index in [9.17, 15) is 4.79 Å². The van der Waals surface area contributed by atoms with Crippen molar-refractivity contribution in [2.24, 2.45) is 34.5 Å². The molecule has 6 aliphatic carbocycles. The van der Waals surface area contributed by atoms with Crippen LogP contribution in [0.2, 0.25) is 0 Å². The van der Waals surface area contributed by atoms with Crippen LogP contribution in [-0.2, 0) is 9.53 Å². The molecular weight excluding hydrogens is 272 g/mol. The highest BCUT2D eigenvalue weighted by Crippen LogP contribution is 2.68. The standard InChI is InChI=1S/C20H28O2/c1-18(2)11-7-14(18)13-5-6-20(22-15(13)8-11)16-9-12(10-17(20)21)19(16,3)4/h11-12,14,16H,5-10H2,1-4H3/t11-,12-,14+,16-,20-/m0/s1. The number of ether oxygens (including phenoxy) is 1. The Morgan fingerprint density at radius 2 is 1.73 bits per heavy atom.